The van der Waals surface area contributed by atoms with Crippen molar-refractivity contribution in [3.8, 4) is 0 Å². The molecule has 2 unspecified atom stereocenters. The first-order valence-corrected chi connectivity index (χ1v) is 7.52. The number of halogens is 3. The van der Waals surface area contributed by atoms with Crippen molar-refractivity contribution in [3.63, 3.8) is 0 Å². The van der Waals surface area contributed by atoms with Gasteiger partial charge in [-0.25, -0.2) is 0 Å². The standard InChI is InChI=1S/C14H27F3N2O/c1-3-11(2)13(20)10-18-12-4-7-19(8-5-12)9-6-14(15,16)17/h11-13,18,20H,3-10H2,1-2H3. The van der Waals surface area contributed by atoms with Crippen molar-refractivity contribution in [3.05, 3.63) is 0 Å². The Hall–Kier alpha value is -0.330. The minimum Gasteiger partial charge on any atom is -0.392 e. The normalized spacial score (nSPS) is 21.9. The van der Waals surface area contributed by atoms with Crippen LogP contribution in [-0.2, 0) is 0 Å². The largest absolute Gasteiger partial charge is 0.392 e. The van der Waals surface area contributed by atoms with E-state index in [9.17, 15) is 18.3 Å². The van der Waals surface area contributed by atoms with Gasteiger partial charge in [0.2, 0.25) is 0 Å². The number of hydrogen-bond acceptors (Lipinski definition) is 3. The second-order valence-corrected chi connectivity index (χ2v) is 5.84. The first-order valence-electron chi connectivity index (χ1n) is 7.52. The van der Waals surface area contributed by atoms with Crippen LogP contribution in [0, 0.1) is 5.92 Å². The van der Waals surface area contributed by atoms with E-state index < -0.39 is 12.6 Å². The molecule has 1 aliphatic heterocycles. The summed E-state index contributed by atoms with van der Waals surface area (Å²) < 4.78 is 36.4. The van der Waals surface area contributed by atoms with Crippen molar-refractivity contribution in [2.75, 3.05) is 26.2 Å². The third kappa shape index (κ3) is 6.90. The van der Waals surface area contributed by atoms with Gasteiger partial charge in [-0.05, 0) is 31.8 Å². The number of aliphatic hydroxyl groups is 1. The molecule has 1 rings (SSSR count). The van der Waals surface area contributed by atoms with E-state index in [0.29, 0.717) is 25.7 Å². The molecule has 120 valence electrons. The third-order valence-corrected chi connectivity index (χ3v) is 4.22. The molecule has 1 fully saturated rings. The maximum absolute atomic E-state index is 12.1. The monoisotopic (exact) mass is 296 g/mol. The molecule has 2 atom stereocenters. The summed E-state index contributed by atoms with van der Waals surface area (Å²) in [4.78, 5) is 1.87. The molecular formula is C14H27F3N2O. The zero-order chi connectivity index (χ0) is 15.2. The second-order valence-electron chi connectivity index (χ2n) is 5.84. The lowest BCUT2D eigenvalue weighted by atomic mass is 10.00. The second kappa shape index (κ2) is 8.20. The maximum atomic E-state index is 12.1. The summed E-state index contributed by atoms with van der Waals surface area (Å²) in [5.74, 6) is 0.273. The topological polar surface area (TPSA) is 35.5 Å². The Morgan fingerprint density at radius 3 is 2.40 bits per heavy atom. The van der Waals surface area contributed by atoms with Gasteiger partial charge in [0.1, 0.15) is 0 Å². The van der Waals surface area contributed by atoms with E-state index >= 15 is 0 Å². The van der Waals surface area contributed by atoms with E-state index in [-0.39, 0.29) is 18.6 Å². The molecule has 0 radical (unpaired) electrons. The van der Waals surface area contributed by atoms with Gasteiger partial charge in [-0.3, -0.25) is 0 Å². The Bertz CT molecular complexity index is 266. The highest BCUT2D eigenvalue weighted by atomic mass is 19.4. The Balaban J connectivity index is 2.16. The minimum absolute atomic E-state index is 0.103. The number of hydrogen-bond donors (Lipinski definition) is 2. The predicted molar refractivity (Wildman–Crippen MR) is 73.6 cm³/mol. The number of alkyl halides is 3. The average molecular weight is 296 g/mol. The summed E-state index contributed by atoms with van der Waals surface area (Å²) in [5.41, 5.74) is 0. The molecular weight excluding hydrogens is 269 g/mol. The quantitative estimate of drug-likeness (QED) is 0.757. The fraction of sp³-hybridized carbons (Fsp3) is 1.00. The smallest absolute Gasteiger partial charge is 0.390 e. The zero-order valence-electron chi connectivity index (χ0n) is 12.4. The first kappa shape index (κ1) is 17.7. The van der Waals surface area contributed by atoms with E-state index in [1.807, 2.05) is 18.7 Å². The molecule has 0 amide bonds. The summed E-state index contributed by atoms with van der Waals surface area (Å²) >= 11 is 0. The lowest BCUT2D eigenvalue weighted by Gasteiger charge is -2.33. The lowest BCUT2D eigenvalue weighted by molar-refractivity contribution is -0.138. The van der Waals surface area contributed by atoms with Crippen LogP contribution >= 0.6 is 0 Å². The number of nitrogens with one attached hydrogen (secondary N) is 1. The Kier molecular flexibility index (Phi) is 7.26. The number of nitrogens with zero attached hydrogens (tertiary/aromatic N) is 1. The lowest BCUT2D eigenvalue weighted by Crippen LogP contribution is -2.46. The SMILES string of the molecule is CCC(C)C(O)CNC1CCN(CCC(F)(F)F)CC1. The Morgan fingerprint density at radius 1 is 1.30 bits per heavy atom. The van der Waals surface area contributed by atoms with Crippen LogP contribution in [0.2, 0.25) is 0 Å². The van der Waals surface area contributed by atoms with Crippen LogP contribution in [-0.4, -0.2) is 54.5 Å². The van der Waals surface area contributed by atoms with Crippen molar-refractivity contribution >= 4 is 0 Å². The first-order chi connectivity index (χ1) is 9.31. The Labute approximate surface area is 119 Å². The van der Waals surface area contributed by atoms with Gasteiger partial charge in [0.25, 0.3) is 0 Å². The number of likely N-dealkylation sites (tertiary alicyclic amines) is 1. The molecule has 6 heteroatoms. The van der Waals surface area contributed by atoms with E-state index in [1.165, 1.54) is 0 Å². The molecule has 0 aliphatic carbocycles. The van der Waals surface area contributed by atoms with Gasteiger partial charge in [-0.15, -0.1) is 0 Å². The van der Waals surface area contributed by atoms with Crippen LogP contribution in [0.4, 0.5) is 13.2 Å². The van der Waals surface area contributed by atoms with Gasteiger partial charge in [0, 0.05) is 19.1 Å². The molecule has 0 spiro atoms. The molecule has 2 N–H and O–H groups in total. The van der Waals surface area contributed by atoms with E-state index in [0.717, 1.165) is 19.3 Å². The van der Waals surface area contributed by atoms with Crippen LogP contribution in [0.5, 0.6) is 0 Å². The average Bonchev–Trinajstić information content (AvgIpc) is 2.41. The van der Waals surface area contributed by atoms with Gasteiger partial charge in [-0.1, -0.05) is 20.3 Å². The third-order valence-electron chi connectivity index (χ3n) is 4.22. The van der Waals surface area contributed by atoms with Gasteiger partial charge in [-0.2, -0.15) is 13.2 Å². The molecule has 0 aromatic carbocycles. The van der Waals surface area contributed by atoms with E-state index in [4.69, 9.17) is 0 Å². The molecule has 0 aromatic heterocycles. The fourth-order valence-corrected chi connectivity index (χ4v) is 2.41. The van der Waals surface area contributed by atoms with Crippen molar-refractivity contribution < 1.29 is 18.3 Å². The van der Waals surface area contributed by atoms with Gasteiger partial charge in [0.05, 0.1) is 12.5 Å². The van der Waals surface area contributed by atoms with Gasteiger partial charge >= 0.3 is 6.18 Å². The molecule has 0 bridgehead atoms. The number of rotatable bonds is 7. The fourth-order valence-electron chi connectivity index (χ4n) is 2.41. The highest BCUT2D eigenvalue weighted by Crippen LogP contribution is 2.21. The molecule has 20 heavy (non-hydrogen) atoms. The van der Waals surface area contributed by atoms with Crippen LogP contribution in [0.25, 0.3) is 0 Å². The number of aliphatic hydroxyl groups excluding tert-OH is 1. The van der Waals surface area contributed by atoms with Crippen molar-refractivity contribution in [1.82, 2.24) is 10.2 Å². The molecule has 0 aromatic rings. The summed E-state index contributed by atoms with van der Waals surface area (Å²) in [6.45, 7) is 6.15. The molecule has 1 saturated heterocycles. The molecule has 1 aliphatic rings. The zero-order valence-corrected chi connectivity index (χ0v) is 12.4. The summed E-state index contributed by atoms with van der Waals surface area (Å²) in [7, 11) is 0. The summed E-state index contributed by atoms with van der Waals surface area (Å²) in [6, 6.07) is 0.316. The minimum atomic E-state index is -4.06. The maximum Gasteiger partial charge on any atom is 0.390 e. The van der Waals surface area contributed by atoms with E-state index in [2.05, 4.69) is 5.32 Å². The highest BCUT2D eigenvalue weighted by Gasteiger charge is 2.29. The van der Waals surface area contributed by atoms with Gasteiger partial charge < -0.3 is 15.3 Å². The van der Waals surface area contributed by atoms with Crippen LogP contribution in [0.3, 0.4) is 0 Å². The molecule has 0 saturated carbocycles. The molecule has 1 heterocycles. The Morgan fingerprint density at radius 2 is 1.90 bits per heavy atom. The van der Waals surface area contributed by atoms with Crippen molar-refractivity contribution in [1.29, 1.82) is 0 Å². The van der Waals surface area contributed by atoms with Crippen LogP contribution in [0.15, 0.2) is 0 Å². The summed E-state index contributed by atoms with van der Waals surface area (Å²) in [5, 5.41) is 13.2. The number of piperidine rings is 1. The molecule has 3 nitrogen and oxygen atoms in total. The van der Waals surface area contributed by atoms with Gasteiger partial charge in [0.15, 0.2) is 0 Å². The van der Waals surface area contributed by atoms with E-state index in [1.54, 1.807) is 0 Å². The van der Waals surface area contributed by atoms with Crippen molar-refractivity contribution in [2.45, 2.75) is 57.9 Å². The summed E-state index contributed by atoms with van der Waals surface area (Å²) in [6.07, 6.45) is -2.48. The predicted octanol–water partition coefficient (Wildman–Crippen LogP) is 2.40. The van der Waals surface area contributed by atoms with Crippen LogP contribution < -0.4 is 5.32 Å². The highest BCUT2D eigenvalue weighted by molar-refractivity contribution is 4.79. The van der Waals surface area contributed by atoms with Crippen molar-refractivity contribution in [2.24, 2.45) is 5.92 Å². The van der Waals surface area contributed by atoms with Crippen LogP contribution in [0.1, 0.15) is 39.5 Å².